The summed E-state index contributed by atoms with van der Waals surface area (Å²) in [6.45, 7) is 4.08. The molecule has 106 valence electrons. The van der Waals surface area contributed by atoms with Crippen LogP contribution in [0.3, 0.4) is 0 Å². The fourth-order valence-electron chi connectivity index (χ4n) is 2.33. The van der Waals surface area contributed by atoms with E-state index < -0.39 is 0 Å². The largest absolute Gasteiger partial charge is 0.309 e. The minimum atomic E-state index is -0.201. The Bertz CT molecular complexity index is 641. The van der Waals surface area contributed by atoms with Gasteiger partial charge in [0.1, 0.15) is 5.82 Å². The molecule has 0 aromatic heterocycles. The molecule has 0 aliphatic heterocycles. The van der Waals surface area contributed by atoms with Crippen LogP contribution < -0.4 is 5.32 Å². The van der Waals surface area contributed by atoms with E-state index in [9.17, 15) is 4.39 Å². The average Bonchev–Trinajstić information content (AvgIpc) is 2.40. The first-order chi connectivity index (χ1) is 9.43. The fraction of sp³-hybridized carbons (Fsp3) is 0.250. The Hall–Kier alpha value is -0.710. The molecule has 0 radical (unpaired) electrons. The molecule has 2 rings (SSSR count). The summed E-state index contributed by atoms with van der Waals surface area (Å²) in [7, 11) is 1.85. The number of hydrogen-bond acceptors (Lipinski definition) is 1. The van der Waals surface area contributed by atoms with Crippen molar-refractivity contribution in [1.82, 2.24) is 5.32 Å². The summed E-state index contributed by atoms with van der Waals surface area (Å²) in [4.78, 5) is 0. The summed E-state index contributed by atoms with van der Waals surface area (Å²) in [5.41, 5.74) is 4.00. The van der Waals surface area contributed by atoms with Gasteiger partial charge in [-0.2, -0.15) is 0 Å². The molecule has 0 amide bonds. The summed E-state index contributed by atoms with van der Waals surface area (Å²) < 4.78 is 16.1. The normalized spacial score (nSPS) is 12.5. The Balaban J connectivity index is 2.58. The summed E-state index contributed by atoms with van der Waals surface area (Å²) in [5, 5.41) is 3.21. The molecule has 1 unspecified atom stereocenters. The molecule has 0 spiro atoms. The van der Waals surface area contributed by atoms with Gasteiger partial charge in [-0.25, -0.2) is 4.39 Å². The molecular weight excluding hydrogens is 385 g/mol. The zero-order valence-electron chi connectivity index (χ0n) is 11.6. The zero-order valence-corrected chi connectivity index (χ0v) is 14.8. The second kappa shape index (κ2) is 6.37. The molecule has 0 bridgehead atoms. The minimum absolute atomic E-state index is 0.167. The Labute approximate surface area is 135 Å². The van der Waals surface area contributed by atoms with Gasteiger partial charge in [0, 0.05) is 14.5 Å². The van der Waals surface area contributed by atoms with E-state index in [1.54, 1.807) is 6.07 Å². The van der Waals surface area contributed by atoms with Crippen molar-refractivity contribution < 1.29 is 4.39 Å². The van der Waals surface area contributed by atoms with Crippen molar-refractivity contribution in [1.29, 1.82) is 0 Å². The van der Waals surface area contributed by atoms with E-state index in [-0.39, 0.29) is 11.9 Å². The quantitative estimate of drug-likeness (QED) is 0.739. The van der Waals surface area contributed by atoms with Gasteiger partial charge in [-0.1, -0.05) is 37.9 Å². The second-order valence-electron chi connectivity index (χ2n) is 4.85. The third kappa shape index (κ3) is 3.13. The molecule has 20 heavy (non-hydrogen) atoms. The van der Waals surface area contributed by atoms with Gasteiger partial charge in [0.15, 0.2) is 0 Å². The zero-order chi connectivity index (χ0) is 14.9. The Morgan fingerprint density at radius 3 is 2.35 bits per heavy atom. The van der Waals surface area contributed by atoms with Crippen molar-refractivity contribution in [2.24, 2.45) is 0 Å². The highest BCUT2D eigenvalue weighted by Gasteiger charge is 2.19. The molecule has 0 aliphatic rings. The van der Waals surface area contributed by atoms with Crippen molar-refractivity contribution in [3.05, 3.63) is 67.3 Å². The van der Waals surface area contributed by atoms with E-state index in [1.807, 2.05) is 27.0 Å². The first-order valence-electron chi connectivity index (χ1n) is 6.33. The van der Waals surface area contributed by atoms with Crippen LogP contribution in [-0.4, -0.2) is 7.05 Å². The predicted molar refractivity (Wildman–Crippen MR) is 88.6 cm³/mol. The van der Waals surface area contributed by atoms with Crippen molar-refractivity contribution >= 4 is 31.9 Å². The summed E-state index contributed by atoms with van der Waals surface area (Å²) in [6.07, 6.45) is 0. The summed E-state index contributed by atoms with van der Waals surface area (Å²) >= 11 is 6.94. The second-order valence-corrected chi connectivity index (χ2v) is 6.62. The van der Waals surface area contributed by atoms with Crippen LogP contribution in [0.1, 0.15) is 28.3 Å². The molecule has 1 atom stereocenters. The molecule has 1 N–H and O–H groups in total. The lowest BCUT2D eigenvalue weighted by atomic mass is 9.93. The van der Waals surface area contributed by atoms with E-state index in [0.717, 1.165) is 25.6 Å². The van der Waals surface area contributed by atoms with Gasteiger partial charge in [0.2, 0.25) is 0 Å². The third-order valence-electron chi connectivity index (χ3n) is 3.42. The lowest BCUT2D eigenvalue weighted by Crippen LogP contribution is -2.20. The number of hydrogen-bond donors (Lipinski definition) is 1. The van der Waals surface area contributed by atoms with E-state index in [0.29, 0.717) is 5.56 Å². The lowest BCUT2D eigenvalue weighted by molar-refractivity contribution is 0.574. The van der Waals surface area contributed by atoms with Crippen LogP contribution in [0.5, 0.6) is 0 Å². The van der Waals surface area contributed by atoms with Gasteiger partial charge < -0.3 is 5.32 Å². The van der Waals surface area contributed by atoms with Gasteiger partial charge >= 0.3 is 0 Å². The van der Waals surface area contributed by atoms with Crippen LogP contribution in [0.25, 0.3) is 0 Å². The Morgan fingerprint density at radius 2 is 1.70 bits per heavy atom. The molecule has 0 saturated carbocycles. The SMILES string of the molecule is CNC(c1cc(C)c(Br)cc1C)c1cc(Br)ccc1F. The highest BCUT2D eigenvalue weighted by molar-refractivity contribution is 9.10. The average molecular weight is 401 g/mol. The number of nitrogens with one attached hydrogen (secondary N) is 1. The van der Waals surface area contributed by atoms with Crippen molar-refractivity contribution in [2.45, 2.75) is 19.9 Å². The predicted octanol–water partition coefficient (Wildman–Crippen LogP) is 5.28. The molecule has 0 fully saturated rings. The van der Waals surface area contributed by atoms with Crippen LogP contribution in [-0.2, 0) is 0 Å². The van der Waals surface area contributed by atoms with E-state index in [2.05, 4.69) is 49.3 Å². The van der Waals surface area contributed by atoms with Gasteiger partial charge in [0.25, 0.3) is 0 Å². The maximum Gasteiger partial charge on any atom is 0.128 e. The third-order valence-corrected chi connectivity index (χ3v) is 4.76. The van der Waals surface area contributed by atoms with Gasteiger partial charge in [-0.3, -0.25) is 0 Å². The first-order valence-corrected chi connectivity index (χ1v) is 7.91. The molecule has 0 heterocycles. The number of benzene rings is 2. The Kier molecular flexibility index (Phi) is 4.99. The number of halogens is 3. The Morgan fingerprint density at radius 1 is 1.00 bits per heavy atom. The molecule has 2 aromatic carbocycles. The van der Waals surface area contributed by atoms with Crippen molar-refractivity contribution in [3.8, 4) is 0 Å². The highest BCUT2D eigenvalue weighted by atomic mass is 79.9. The van der Waals surface area contributed by atoms with E-state index in [4.69, 9.17) is 0 Å². The molecule has 2 aromatic rings. The first kappa shape index (κ1) is 15.7. The fourth-order valence-corrected chi connectivity index (χ4v) is 3.17. The van der Waals surface area contributed by atoms with Crippen LogP contribution in [0.4, 0.5) is 4.39 Å². The maximum absolute atomic E-state index is 14.1. The molecule has 4 heteroatoms. The summed E-state index contributed by atoms with van der Waals surface area (Å²) in [6, 6.07) is 9.04. The van der Waals surface area contributed by atoms with Crippen LogP contribution in [0, 0.1) is 19.7 Å². The molecule has 0 aliphatic carbocycles. The lowest BCUT2D eigenvalue weighted by Gasteiger charge is -2.21. The standard InChI is InChI=1S/C16H16Br2FN/c1-9-7-14(18)10(2)6-12(9)16(20-3)13-8-11(17)4-5-15(13)19/h4-8,16,20H,1-3H3. The van der Waals surface area contributed by atoms with E-state index in [1.165, 1.54) is 6.07 Å². The smallest absolute Gasteiger partial charge is 0.128 e. The van der Waals surface area contributed by atoms with Crippen LogP contribution in [0.15, 0.2) is 39.3 Å². The monoisotopic (exact) mass is 399 g/mol. The molecule has 1 nitrogen and oxygen atoms in total. The van der Waals surface area contributed by atoms with Crippen LogP contribution >= 0.6 is 31.9 Å². The molecule has 0 saturated heterocycles. The molecular formula is C16H16Br2FN. The van der Waals surface area contributed by atoms with E-state index >= 15 is 0 Å². The topological polar surface area (TPSA) is 12.0 Å². The minimum Gasteiger partial charge on any atom is -0.309 e. The van der Waals surface area contributed by atoms with Crippen molar-refractivity contribution in [3.63, 3.8) is 0 Å². The van der Waals surface area contributed by atoms with Gasteiger partial charge in [-0.05, 0) is 61.9 Å². The van der Waals surface area contributed by atoms with Gasteiger partial charge in [-0.15, -0.1) is 0 Å². The number of rotatable bonds is 3. The maximum atomic E-state index is 14.1. The number of aryl methyl sites for hydroxylation is 2. The summed E-state index contributed by atoms with van der Waals surface area (Å²) in [5.74, 6) is -0.201. The van der Waals surface area contributed by atoms with Crippen LogP contribution in [0.2, 0.25) is 0 Å². The highest BCUT2D eigenvalue weighted by Crippen LogP contribution is 2.31. The van der Waals surface area contributed by atoms with Gasteiger partial charge in [0.05, 0.1) is 6.04 Å². The van der Waals surface area contributed by atoms with Crippen molar-refractivity contribution in [2.75, 3.05) is 7.05 Å².